The zero-order valence-electron chi connectivity index (χ0n) is 14.2. The molecule has 1 fully saturated rings. The number of nitrogens with one attached hydrogen (secondary N) is 2. The summed E-state index contributed by atoms with van der Waals surface area (Å²) in [6.07, 6.45) is 0.733. The van der Waals surface area contributed by atoms with Crippen LogP contribution in [-0.2, 0) is 16.0 Å². The Balaban J connectivity index is 1.66. The lowest BCUT2D eigenvalue weighted by Gasteiger charge is -2.27. The quantitative estimate of drug-likeness (QED) is 0.840. The van der Waals surface area contributed by atoms with E-state index in [0.29, 0.717) is 13.1 Å². The molecule has 1 atom stereocenters. The maximum absolute atomic E-state index is 12.5. The molecule has 1 aliphatic rings. The molecule has 5 heteroatoms. The minimum absolute atomic E-state index is 0.0251. The molecule has 1 saturated heterocycles. The molecule has 0 radical (unpaired) electrons. The van der Waals surface area contributed by atoms with Crippen LogP contribution >= 0.6 is 0 Å². The highest BCUT2D eigenvalue weighted by Gasteiger charge is 2.21. The number of rotatable bonds is 6. The van der Waals surface area contributed by atoms with Gasteiger partial charge in [-0.15, -0.1) is 0 Å². The van der Waals surface area contributed by atoms with Crippen LogP contribution in [0.15, 0.2) is 60.7 Å². The summed E-state index contributed by atoms with van der Waals surface area (Å²) < 4.78 is 0. The first kappa shape index (κ1) is 17.2. The number of benzene rings is 2. The van der Waals surface area contributed by atoms with Crippen molar-refractivity contribution in [1.29, 1.82) is 0 Å². The van der Waals surface area contributed by atoms with Crippen LogP contribution in [0.25, 0.3) is 0 Å². The third-order valence-corrected chi connectivity index (χ3v) is 4.30. The average molecular weight is 337 g/mol. The summed E-state index contributed by atoms with van der Waals surface area (Å²) in [5, 5.41) is 5.90. The first-order chi connectivity index (χ1) is 12.2. The third kappa shape index (κ3) is 5.16. The Labute approximate surface area is 148 Å². The highest BCUT2D eigenvalue weighted by atomic mass is 16.2. The Hall–Kier alpha value is -2.66. The maximum atomic E-state index is 12.5. The number of nitrogens with zero attached hydrogens (tertiary/aromatic N) is 1. The predicted molar refractivity (Wildman–Crippen MR) is 96.9 cm³/mol. The van der Waals surface area contributed by atoms with Crippen molar-refractivity contribution in [3.8, 4) is 0 Å². The van der Waals surface area contributed by atoms with Gasteiger partial charge in [0, 0.05) is 13.1 Å². The van der Waals surface area contributed by atoms with Gasteiger partial charge in [0.15, 0.2) is 0 Å². The van der Waals surface area contributed by atoms with Crippen molar-refractivity contribution in [1.82, 2.24) is 15.5 Å². The van der Waals surface area contributed by atoms with E-state index in [2.05, 4.69) is 22.8 Å². The summed E-state index contributed by atoms with van der Waals surface area (Å²) in [7, 11) is 0. The standard InChI is InChI=1S/C20H23N3O2/c24-19-14-23(12-11-21-19)15-20(25)22-18(17-9-5-2-6-10-17)13-16-7-3-1-4-8-16/h1-10,18H,11-15H2,(H,21,24)(H,22,25)/t18-/m1/s1. The highest BCUT2D eigenvalue weighted by Crippen LogP contribution is 2.18. The van der Waals surface area contributed by atoms with Crippen LogP contribution in [0.4, 0.5) is 0 Å². The molecule has 0 bridgehead atoms. The second-order valence-electron chi connectivity index (χ2n) is 6.28. The number of hydrogen-bond donors (Lipinski definition) is 2. The molecule has 1 heterocycles. The summed E-state index contributed by atoms with van der Waals surface area (Å²) in [4.78, 5) is 25.8. The first-order valence-corrected chi connectivity index (χ1v) is 8.58. The molecule has 0 saturated carbocycles. The van der Waals surface area contributed by atoms with E-state index in [1.165, 1.54) is 5.56 Å². The van der Waals surface area contributed by atoms with Gasteiger partial charge in [0.05, 0.1) is 19.1 Å². The van der Waals surface area contributed by atoms with Crippen LogP contribution in [0.2, 0.25) is 0 Å². The molecule has 2 amide bonds. The molecule has 0 unspecified atom stereocenters. The number of hydrogen-bond acceptors (Lipinski definition) is 3. The maximum Gasteiger partial charge on any atom is 0.234 e. The number of amides is 2. The Morgan fingerprint density at radius 2 is 1.76 bits per heavy atom. The zero-order valence-corrected chi connectivity index (χ0v) is 14.2. The predicted octanol–water partition coefficient (Wildman–Crippen LogP) is 1.52. The van der Waals surface area contributed by atoms with E-state index in [1.807, 2.05) is 53.4 Å². The molecule has 2 N–H and O–H groups in total. The van der Waals surface area contributed by atoms with Crippen molar-refractivity contribution in [3.05, 3.63) is 71.8 Å². The van der Waals surface area contributed by atoms with E-state index < -0.39 is 0 Å². The largest absolute Gasteiger partial charge is 0.354 e. The molecule has 0 aliphatic carbocycles. The third-order valence-electron chi connectivity index (χ3n) is 4.30. The van der Waals surface area contributed by atoms with Gasteiger partial charge in [0.1, 0.15) is 0 Å². The van der Waals surface area contributed by atoms with Crippen molar-refractivity contribution in [3.63, 3.8) is 0 Å². The molecule has 130 valence electrons. The van der Waals surface area contributed by atoms with E-state index >= 15 is 0 Å². The van der Waals surface area contributed by atoms with Gasteiger partial charge < -0.3 is 10.6 Å². The lowest BCUT2D eigenvalue weighted by atomic mass is 9.99. The highest BCUT2D eigenvalue weighted by molar-refractivity contribution is 5.82. The van der Waals surface area contributed by atoms with Crippen molar-refractivity contribution >= 4 is 11.8 Å². The molecular weight excluding hydrogens is 314 g/mol. The first-order valence-electron chi connectivity index (χ1n) is 8.58. The minimum atomic E-state index is -0.0882. The Morgan fingerprint density at radius 1 is 1.08 bits per heavy atom. The SMILES string of the molecule is O=C1CN(CC(=O)N[C@H](Cc2ccccc2)c2ccccc2)CCN1. The Morgan fingerprint density at radius 3 is 2.44 bits per heavy atom. The Kier molecular flexibility index (Phi) is 5.80. The molecular formula is C20H23N3O2. The average Bonchev–Trinajstić information content (AvgIpc) is 2.63. The smallest absolute Gasteiger partial charge is 0.234 e. The van der Waals surface area contributed by atoms with Crippen molar-refractivity contribution < 1.29 is 9.59 Å². The monoisotopic (exact) mass is 337 g/mol. The summed E-state index contributed by atoms with van der Waals surface area (Å²) in [6, 6.07) is 20.0. The summed E-state index contributed by atoms with van der Waals surface area (Å²) in [5.74, 6) is -0.0811. The number of piperazine rings is 1. The van der Waals surface area contributed by atoms with Crippen LogP contribution in [0, 0.1) is 0 Å². The lowest BCUT2D eigenvalue weighted by molar-refractivity contribution is -0.127. The molecule has 0 aromatic heterocycles. The zero-order chi connectivity index (χ0) is 17.5. The molecule has 2 aromatic carbocycles. The Bertz CT molecular complexity index is 703. The van der Waals surface area contributed by atoms with Crippen LogP contribution in [-0.4, -0.2) is 42.9 Å². The summed E-state index contributed by atoms with van der Waals surface area (Å²) >= 11 is 0. The fourth-order valence-corrected chi connectivity index (χ4v) is 3.06. The van der Waals surface area contributed by atoms with Crippen LogP contribution in [0.1, 0.15) is 17.2 Å². The second-order valence-corrected chi connectivity index (χ2v) is 6.28. The summed E-state index contributed by atoms with van der Waals surface area (Å²) in [6.45, 7) is 1.82. The van der Waals surface area contributed by atoms with Crippen LogP contribution < -0.4 is 10.6 Å². The number of carbonyl (C=O) groups excluding carboxylic acids is 2. The topological polar surface area (TPSA) is 61.4 Å². The molecule has 2 aromatic rings. The van der Waals surface area contributed by atoms with E-state index in [4.69, 9.17) is 0 Å². The fourth-order valence-electron chi connectivity index (χ4n) is 3.06. The van der Waals surface area contributed by atoms with Crippen molar-refractivity contribution in [2.24, 2.45) is 0 Å². The van der Waals surface area contributed by atoms with Gasteiger partial charge in [-0.05, 0) is 17.5 Å². The van der Waals surface area contributed by atoms with Gasteiger partial charge >= 0.3 is 0 Å². The van der Waals surface area contributed by atoms with Gasteiger partial charge in [-0.3, -0.25) is 14.5 Å². The van der Waals surface area contributed by atoms with E-state index in [1.54, 1.807) is 0 Å². The van der Waals surface area contributed by atoms with Gasteiger partial charge in [0.25, 0.3) is 0 Å². The van der Waals surface area contributed by atoms with E-state index in [0.717, 1.165) is 12.0 Å². The minimum Gasteiger partial charge on any atom is -0.354 e. The molecule has 3 rings (SSSR count). The lowest BCUT2D eigenvalue weighted by Crippen LogP contribution is -2.50. The van der Waals surface area contributed by atoms with Crippen LogP contribution in [0.5, 0.6) is 0 Å². The molecule has 0 spiro atoms. The van der Waals surface area contributed by atoms with Crippen LogP contribution in [0.3, 0.4) is 0 Å². The fraction of sp³-hybridized carbons (Fsp3) is 0.300. The molecule has 5 nitrogen and oxygen atoms in total. The van der Waals surface area contributed by atoms with Crippen molar-refractivity contribution in [2.45, 2.75) is 12.5 Å². The normalized spacial score (nSPS) is 16.1. The number of carbonyl (C=O) groups is 2. The summed E-state index contributed by atoms with van der Waals surface area (Å²) in [5.41, 5.74) is 2.25. The second kappa shape index (κ2) is 8.44. The molecule has 25 heavy (non-hydrogen) atoms. The van der Waals surface area contributed by atoms with Crippen molar-refractivity contribution in [2.75, 3.05) is 26.2 Å². The van der Waals surface area contributed by atoms with Gasteiger partial charge in [-0.25, -0.2) is 0 Å². The van der Waals surface area contributed by atoms with Gasteiger partial charge in [-0.2, -0.15) is 0 Å². The van der Waals surface area contributed by atoms with Gasteiger partial charge in [0.2, 0.25) is 11.8 Å². The molecule has 1 aliphatic heterocycles. The van der Waals surface area contributed by atoms with Gasteiger partial charge in [-0.1, -0.05) is 60.7 Å². The van der Waals surface area contributed by atoms with E-state index in [9.17, 15) is 9.59 Å². The van der Waals surface area contributed by atoms with E-state index in [-0.39, 0.29) is 30.9 Å².